The van der Waals surface area contributed by atoms with Gasteiger partial charge in [0.05, 0.1) is 23.7 Å². The van der Waals surface area contributed by atoms with Crippen molar-refractivity contribution in [3.8, 4) is 0 Å². The Hall–Kier alpha value is -3.70. The van der Waals surface area contributed by atoms with Gasteiger partial charge >= 0.3 is 5.97 Å². The molecule has 36 heavy (non-hydrogen) atoms. The Labute approximate surface area is 213 Å². The van der Waals surface area contributed by atoms with Crippen molar-refractivity contribution in [3.63, 3.8) is 0 Å². The molecule has 0 radical (unpaired) electrons. The molecule has 13 heteroatoms. The number of benzene rings is 1. The fourth-order valence-electron chi connectivity index (χ4n) is 4.23. The summed E-state index contributed by atoms with van der Waals surface area (Å²) in [5.41, 5.74) is 1.04. The number of H-pyrrole nitrogens is 1. The first kappa shape index (κ1) is 24.0. The molecule has 0 unspecified atom stereocenters. The smallest absolute Gasteiger partial charge is 0.376 e. The van der Waals surface area contributed by atoms with Crippen molar-refractivity contribution >= 4 is 40.6 Å². The van der Waals surface area contributed by atoms with Crippen LogP contribution in [0, 0.1) is 5.82 Å². The largest absolute Gasteiger partial charge is 0.460 e. The summed E-state index contributed by atoms with van der Waals surface area (Å²) in [6.45, 7) is 2.46. The highest BCUT2D eigenvalue weighted by molar-refractivity contribution is 6.42. The minimum absolute atomic E-state index is 0.0624. The van der Waals surface area contributed by atoms with Gasteiger partial charge in [0.2, 0.25) is 5.82 Å². The van der Waals surface area contributed by atoms with Crippen molar-refractivity contribution < 1.29 is 18.7 Å². The van der Waals surface area contributed by atoms with E-state index in [0.29, 0.717) is 17.1 Å². The van der Waals surface area contributed by atoms with Crippen molar-refractivity contribution in [3.05, 3.63) is 85.3 Å². The Morgan fingerprint density at radius 2 is 2.00 bits per heavy atom. The minimum atomic E-state index is -0.670. The molecule has 1 aromatic carbocycles. The number of ether oxygens (including phenoxy) is 1. The molecule has 0 aliphatic carbocycles. The van der Waals surface area contributed by atoms with Gasteiger partial charge in [-0.05, 0) is 30.7 Å². The summed E-state index contributed by atoms with van der Waals surface area (Å²) < 4.78 is 22.9. The van der Waals surface area contributed by atoms with E-state index in [4.69, 9.17) is 27.9 Å². The van der Waals surface area contributed by atoms with Crippen LogP contribution >= 0.6 is 23.2 Å². The van der Waals surface area contributed by atoms with Crippen LogP contribution in [0.2, 0.25) is 10.2 Å². The Kier molecular flexibility index (Phi) is 6.27. The summed E-state index contributed by atoms with van der Waals surface area (Å²) in [6, 6.07) is 5.72. The third kappa shape index (κ3) is 4.14. The van der Waals surface area contributed by atoms with Crippen LogP contribution in [0.15, 0.2) is 35.3 Å². The molecule has 1 aliphatic rings. The lowest BCUT2D eigenvalue weighted by molar-refractivity contribution is 0.0502. The second kappa shape index (κ2) is 9.40. The number of esters is 1. The Bertz CT molecular complexity index is 1580. The highest BCUT2D eigenvalue weighted by Crippen LogP contribution is 2.27. The molecule has 0 fully saturated rings. The zero-order chi connectivity index (χ0) is 25.6. The highest BCUT2D eigenvalue weighted by Gasteiger charge is 2.29. The maximum atomic E-state index is 14.7. The number of nitrogens with zero attached hydrogens (tertiary/aromatic N) is 5. The third-order valence-electron chi connectivity index (χ3n) is 5.93. The predicted molar refractivity (Wildman–Crippen MR) is 128 cm³/mol. The number of rotatable bonds is 5. The lowest BCUT2D eigenvalue weighted by atomic mass is 10.0. The molecule has 3 aromatic heterocycles. The van der Waals surface area contributed by atoms with E-state index >= 15 is 0 Å². The Balaban J connectivity index is 1.41. The maximum Gasteiger partial charge on any atom is 0.376 e. The molecule has 1 aliphatic heterocycles. The van der Waals surface area contributed by atoms with Crippen molar-refractivity contribution in [2.75, 3.05) is 13.2 Å². The summed E-state index contributed by atoms with van der Waals surface area (Å²) in [7, 11) is 0. The molecule has 0 spiro atoms. The molecule has 5 rings (SSSR count). The fraction of sp³-hybridized carbons (Fsp3) is 0.261. The number of amides is 1. The van der Waals surface area contributed by atoms with Gasteiger partial charge in [-0.3, -0.25) is 14.0 Å². The predicted octanol–water partition coefficient (Wildman–Crippen LogP) is 3.09. The molecule has 4 heterocycles. The van der Waals surface area contributed by atoms with E-state index in [0.717, 1.165) is 0 Å². The van der Waals surface area contributed by atoms with E-state index in [1.165, 1.54) is 33.7 Å². The van der Waals surface area contributed by atoms with Crippen molar-refractivity contribution in [2.45, 2.75) is 26.4 Å². The van der Waals surface area contributed by atoms with Gasteiger partial charge in [0.15, 0.2) is 5.82 Å². The molecular formula is C23H19Cl2FN6O4. The average molecular weight is 533 g/mol. The second-order valence-electron chi connectivity index (χ2n) is 8.14. The summed E-state index contributed by atoms with van der Waals surface area (Å²) in [4.78, 5) is 41.5. The van der Waals surface area contributed by atoms with E-state index in [1.54, 1.807) is 17.6 Å². The van der Waals surface area contributed by atoms with E-state index in [2.05, 4.69) is 15.2 Å². The number of carbonyl (C=O) groups is 2. The van der Waals surface area contributed by atoms with E-state index in [-0.39, 0.29) is 65.3 Å². The third-order valence-corrected chi connectivity index (χ3v) is 6.69. The van der Waals surface area contributed by atoms with Gasteiger partial charge in [0, 0.05) is 31.4 Å². The van der Waals surface area contributed by atoms with Crippen molar-refractivity contribution in [1.82, 2.24) is 29.0 Å². The first-order chi connectivity index (χ1) is 17.3. The molecule has 0 saturated carbocycles. The summed E-state index contributed by atoms with van der Waals surface area (Å²) in [5, 5.41) is 8.29. The number of nitrogens with one attached hydrogen (secondary N) is 1. The van der Waals surface area contributed by atoms with E-state index in [1.807, 2.05) is 0 Å². The second-order valence-corrected chi connectivity index (χ2v) is 8.91. The van der Waals surface area contributed by atoms with Crippen LogP contribution < -0.4 is 5.56 Å². The van der Waals surface area contributed by atoms with Crippen LogP contribution in [0.4, 0.5) is 4.39 Å². The van der Waals surface area contributed by atoms with Gasteiger partial charge in [-0.1, -0.05) is 29.3 Å². The maximum absolute atomic E-state index is 14.7. The molecule has 1 N–H and O–H groups in total. The summed E-state index contributed by atoms with van der Waals surface area (Å²) in [6.07, 6.45) is 1.75. The molecule has 0 atom stereocenters. The van der Waals surface area contributed by atoms with Crippen LogP contribution in [0.5, 0.6) is 0 Å². The van der Waals surface area contributed by atoms with Gasteiger partial charge < -0.3 is 19.2 Å². The molecular weight excluding hydrogens is 514 g/mol. The molecule has 186 valence electrons. The van der Waals surface area contributed by atoms with Crippen LogP contribution in [0.1, 0.15) is 45.0 Å². The SMILES string of the molecule is CCOC(=O)c1nnc2n1CCN(C(=O)c1cc(Cc3c[nH]c(=O)c4cc(Cl)c(Cl)n34)ccc1F)C2. The molecule has 0 saturated heterocycles. The number of hydrogen-bond donors (Lipinski definition) is 1. The van der Waals surface area contributed by atoms with Crippen LogP contribution in [0.3, 0.4) is 0 Å². The monoisotopic (exact) mass is 532 g/mol. The van der Waals surface area contributed by atoms with Gasteiger partial charge in [0.1, 0.15) is 16.5 Å². The lowest BCUT2D eigenvalue weighted by Crippen LogP contribution is -2.39. The number of fused-ring (bicyclic) bond motifs is 2. The molecule has 4 aromatic rings. The summed E-state index contributed by atoms with van der Waals surface area (Å²) in [5.74, 6) is -1.30. The standard InChI is InChI=1S/C23H19Cl2FN6O4/c1-2-36-23(35)20-29-28-18-11-30(5-6-31(18)20)22(34)14-8-12(3-4-16(14)26)7-13-10-27-21(33)17-9-15(24)19(25)32(13)17/h3-4,8-10H,2,5-7,11H2,1H3,(H,27,33). The topological polar surface area (TPSA) is 115 Å². The van der Waals surface area contributed by atoms with E-state index < -0.39 is 17.7 Å². The number of aromatic nitrogens is 5. The number of hydrogen-bond acceptors (Lipinski definition) is 6. The number of aromatic amines is 1. The first-order valence-corrected chi connectivity index (χ1v) is 11.8. The summed E-state index contributed by atoms with van der Waals surface area (Å²) >= 11 is 12.4. The minimum Gasteiger partial charge on any atom is -0.460 e. The molecule has 0 bridgehead atoms. The molecule has 10 nitrogen and oxygen atoms in total. The van der Waals surface area contributed by atoms with Crippen LogP contribution in [-0.4, -0.2) is 54.1 Å². The zero-order valence-corrected chi connectivity index (χ0v) is 20.4. The Morgan fingerprint density at radius 3 is 2.78 bits per heavy atom. The Morgan fingerprint density at radius 1 is 1.19 bits per heavy atom. The molecule has 1 amide bonds. The van der Waals surface area contributed by atoms with Gasteiger partial charge in [0.25, 0.3) is 11.5 Å². The number of halogens is 3. The fourth-order valence-corrected chi connectivity index (χ4v) is 4.67. The lowest BCUT2D eigenvalue weighted by Gasteiger charge is -2.28. The first-order valence-electron chi connectivity index (χ1n) is 11.0. The quantitative estimate of drug-likeness (QED) is 0.395. The zero-order valence-electron chi connectivity index (χ0n) is 18.9. The number of carbonyl (C=O) groups excluding carboxylic acids is 2. The van der Waals surface area contributed by atoms with Gasteiger partial charge in [-0.2, -0.15) is 0 Å². The normalized spacial score (nSPS) is 13.2. The van der Waals surface area contributed by atoms with Crippen molar-refractivity contribution in [1.29, 1.82) is 0 Å². The van der Waals surface area contributed by atoms with Gasteiger partial charge in [-0.15, -0.1) is 10.2 Å². The van der Waals surface area contributed by atoms with Gasteiger partial charge in [-0.25, -0.2) is 9.18 Å². The van der Waals surface area contributed by atoms with Crippen molar-refractivity contribution in [2.24, 2.45) is 0 Å². The van der Waals surface area contributed by atoms with E-state index in [9.17, 15) is 18.8 Å². The highest BCUT2D eigenvalue weighted by atomic mass is 35.5. The van der Waals surface area contributed by atoms with Crippen LogP contribution in [-0.2, 0) is 24.2 Å². The average Bonchev–Trinajstić information content (AvgIpc) is 3.43. The van der Waals surface area contributed by atoms with Crippen LogP contribution in [0.25, 0.3) is 5.52 Å².